The van der Waals surface area contributed by atoms with Gasteiger partial charge < -0.3 is 0 Å². The van der Waals surface area contributed by atoms with Crippen LogP contribution in [0.5, 0.6) is 0 Å². The molecule has 0 atom stereocenters. The highest BCUT2D eigenvalue weighted by atomic mass is 32.2. The lowest BCUT2D eigenvalue weighted by Gasteiger charge is -2.03. The molecular formula is C17H14FN3OS2. The highest BCUT2D eigenvalue weighted by molar-refractivity contribution is 7.98. The maximum Gasteiger partial charge on any atom is 0.257 e. The molecule has 2 heterocycles. The number of amides is 1. The summed E-state index contributed by atoms with van der Waals surface area (Å²) < 4.78 is 13.0. The molecule has 0 saturated carbocycles. The molecule has 0 bridgehead atoms. The number of halogens is 1. The maximum atomic E-state index is 13.0. The summed E-state index contributed by atoms with van der Waals surface area (Å²) in [5, 5.41) is 4.10. The Bertz CT molecular complexity index is 878. The van der Waals surface area contributed by atoms with Gasteiger partial charge in [0.2, 0.25) is 0 Å². The van der Waals surface area contributed by atoms with Gasteiger partial charge in [-0.2, -0.15) is 0 Å². The number of carbonyl (C=O) groups excluding carboxylic acids is 1. The van der Waals surface area contributed by atoms with Crippen molar-refractivity contribution in [3.8, 4) is 11.3 Å². The van der Waals surface area contributed by atoms with E-state index in [4.69, 9.17) is 0 Å². The molecule has 4 nitrogen and oxygen atoms in total. The van der Waals surface area contributed by atoms with Crippen LogP contribution in [0.25, 0.3) is 11.3 Å². The molecule has 24 heavy (non-hydrogen) atoms. The van der Waals surface area contributed by atoms with Gasteiger partial charge in [-0.3, -0.25) is 10.1 Å². The smallest absolute Gasteiger partial charge is 0.257 e. The van der Waals surface area contributed by atoms with Crippen molar-refractivity contribution in [3.63, 3.8) is 0 Å². The Morgan fingerprint density at radius 1 is 1.25 bits per heavy atom. The Hall–Kier alpha value is -2.25. The normalized spacial score (nSPS) is 10.6. The van der Waals surface area contributed by atoms with Gasteiger partial charge in [0.1, 0.15) is 5.82 Å². The number of thiazole rings is 1. The third kappa shape index (κ3) is 3.63. The summed E-state index contributed by atoms with van der Waals surface area (Å²) in [5.41, 5.74) is 2.10. The number of nitrogens with zero attached hydrogens (tertiary/aromatic N) is 2. The number of aryl methyl sites for hydroxylation is 1. The van der Waals surface area contributed by atoms with Crippen LogP contribution >= 0.6 is 23.1 Å². The molecule has 0 aliphatic carbocycles. The first-order chi connectivity index (χ1) is 11.6. The predicted octanol–water partition coefficient (Wildman–Crippen LogP) is 4.63. The first-order valence-electron chi connectivity index (χ1n) is 7.11. The lowest BCUT2D eigenvalue weighted by Crippen LogP contribution is -2.11. The van der Waals surface area contributed by atoms with E-state index in [1.54, 1.807) is 30.5 Å². The quantitative estimate of drug-likeness (QED) is 0.690. The zero-order chi connectivity index (χ0) is 17.1. The number of aromatic nitrogens is 2. The summed E-state index contributed by atoms with van der Waals surface area (Å²) in [6.07, 6.45) is 3.51. The van der Waals surface area contributed by atoms with Gasteiger partial charge in [0.05, 0.1) is 10.7 Å². The van der Waals surface area contributed by atoms with Gasteiger partial charge in [-0.25, -0.2) is 14.4 Å². The number of nitrogens with one attached hydrogen (secondary N) is 1. The third-order valence-electron chi connectivity index (χ3n) is 3.34. The highest BCUT2D eigenvalue weighted by Crippen LogP contribution is 2.30. The number of hydrogen-bond donors (Lipinski definition) is 1. The summed E-state index contributed by atoms with van der Waals surface area (Å²) in [7, 11) is 0. The van der Waals surface area contributed by atoms with Gasteiger partial charge in [-0.15, -0.1) is 23.1 Å². The van der Waals surface area contributed by atoms with Crippen LogP contribution in [0, 0.1) is 12.7 Å². The van der Waals surface area contributed by atoms with Crippen molar-refractivity contribution in [1.82, 2.24) is 9.97 Å². The summed E-state index contributed by atoms with van der Waals surface area (Å²) in [5.74, 6) is -0.519. The fourth-order valence-corrected chi connectivity index (χ4v) is 3.40. The second kappa shape index (κ2) is 7.11. The lowest BCUT2D eigenvalue weighted by molar-refractivity contribution is 0.102. The van der Waals surface area contributed by atoms with E-state index in [1.165, 1.54) is 35.2 Å². The molecule has 0 aliphatic heterocycles. The average Bonchev–Trinajstić information content (AvgIpc) is 2.96. The van der Waals surface area contributed by atoms with E-state index in [0.717, 1.165) is 21.2 Å². The molecule has 3 rings (SSSR count). The summed E-state index contributed by atoms with van der Waals surface area (Å²) in [6, 6.07) is 9.55. The molecule has 0 saturated heterocycles. The molecule has 1 amide bonds. The zero-order valence-electron chi connectivity index (χ0n) is 13.0. The van der Waals surface area contributed by atoms with E-state index in [0.29, 0.717) is 10.7 Å². The van der Waals surface area contributed by atoms with E-state index in [1.807, 2.05) is 13.2 Å². The van der Waals surface area contributed by atoms with Crippen LogP contribution in [0.1, 0.15) is 15.2 Å². The first-order valence-corrected chi connectivity index (χ1v) is 9.15. The lowest BCUT2D eigenvalue weighted by atomic mass is 10.1. The first kappa shape index (κ1) is 16.6. The fraction of sp³-hybridized carbons (Fsp3) is 0.118. The largest absolute Gasteiger partial charge is 0.298 e. The number of thioether (sulfide) groups is 1. The molecule has 1 aromatic carbocycles. The van der Waals surface area contributed by atoms with Crippen molar-refractivity contribution in [1.29, 1.82) is 0 Å². The topological polar surface area (TPSA) is 54.9 Å². The summed E-state index contributed by atoms with van der Waals surface area (Å²) in [6.45, 7) is 1.92. The number of anilines is 1. The van der Waals surface area contributed by atoms with Gasteiger partial charge in [0.25, 0.3) is 5.91 Å². The second-order valence-electron chi connectivity index (χ2n) is 4.97. The average molecular weight is 359 g/mol. The second-order valence-corrected chi connectivity index (χ2v) is 7.00. The van der Waals surface area contributed by atoms with E-state index in [-0.39, 0.29) is 11.7 Å². The van der Waals surface area contributed by atoms with Crippen molar-refractivity contribution in [3.05, 3.63) is 58.9 Å². The van der Waals surface area contributed by atoms with Gasteiger partial charge in [-0.05, 0) is 49.6 Å². The number of benzene rings is 1. The van der Waals surface area contributed by atoms with Crippen LogP contribution in [0.4, 0.5) is 9.52 Å². The van der Waals surface area contributed by atoms with Crippen LogP contribution in [0.2, 0.25) is 0 Å². The Morgan fingerprint density at radius 3 is 2.71 bits per heavy atom. The molecule has 0 spiro atoms. The predicted molar refractivity (Wildman–Crippen MR) is 96.2 cm³/mol. The van der Waals surface area contributed by atoms with Crippen molar-refractivity contribution in [2.75, 3.05) is 11.6 Å². The van der Waals surface area contributed by atoms with Crippen molar-refractivity contribution in [2.45, 2.75) is 11.9 Å². The van der Waals surface area contributed by atoms with Gasteiger partial charge >= 0.3 is 0 Å². The molecule has 2 aromatic heterocycles. The number of rotatable bonds is 4. The molecule has 0 aliphatic rings. The van der Waals surface area contributed by atoms with Crippen LogP contribution < -0.4 is 5.32 Å². The molecule has 0 radical (unpaired) electrons. The standard InChI is InChI=1S/C17H14FN3OS2/c1-10-15(11-3-5-13(18)6-4-11)20-17(24-10)21-16(22)12-7-8-19-14(9-12)23-2/h3-9H,1-2H3,(H,20,21,22). The fourth-order valence-electron chi connectivity index (χ4n) is 2.16. The van der Waals surface area contributed by atoms with Crippen molar-refractivity contribution >= 4 is 34.1 Å². The number of carbonyl (C=O) groups is 1. The van der Waals surface area contributed by atoms with Crippen LogP contribution in [-0.4, -0.2) is 22.1 Å². The summed E-state index contributed by atoms with van der Waals surface area (Å²) >= 11 is 2.87. The van der Waals surface area contributed by atoms with Crippen LogP contribution in [0.3, 0.4) is 0 Å². The van der Waals surface area contributed by atoms with Crippen molar-refractivity contribution < 1.29 is 9.18 Å². The Labute approximate surface area is 147 Å². The Kier molecular flexibility index (Phi) is 4.92. The zero-order valence-corrected chi connectivity index (χ0v) is 14.7. The SMILES string of the molecule is CSc1cc(C(=O)Nc2nc(-c3ccc(F)cc3)c(C)s2)ccn1. The summed E-state index contributed by atoms with van der Waals surface area (Å²) in [4.78, 5) is 21.9. The van der Waals surface area contributed by atoms with Gasteiger partial charge in [-0.1, -0.05) is 0 Å². The molecule has 1 N–H and O–H groups in total. The third-order valence-corrected chi connectivity index (χ3v) is 4.87. The van der Waals surface area contributed by atoms with Crippen LogP contribution in [0.15, 0.2) is 47.6 Å². The van der Waals surface area contributed by atoms with Crippen molar-refractivity contribution in [2.24, 2.45) is 0 Å². The van der Waals surface area contributed by atoms with E-state index >= 15 is 0 Å². The minimum absolute atomic E-state index is 0.230. The minimum Gasteiger partial charge on any atom is -0.298 e. The molecule has 7 heteroatoms. The van der Waals surface area contributed by atoms with Gasteiger partial charge in [0.15, 0.2) is 5.13 Å². The minimum atomic E-state index is -0.289. The number of pyridine rings is 1. The van der Waals surface area contributed by atoms with Gasteiger partial charge in [0, 0.05) is 22.2 Å². The van der Waals surface area contributed by atoms with E-state index < -0.39 is 0 Å². The Balaban J connectivity index is 1.82. The van der Waals surface area contributed by atoms with E-state index in [9.17, 15) is 9.18 Å². The van der Waals surface area contributed by atoms with E-state index in [2.05, 4.69) is 15.3 Å². The molecule has 0 fully saturated rings. The van der Waals surface area contributed by atoms with Crippen LogP contribution in [-0.2, 0) is 0 Å². The molecular weight excluding hydrogens is 345 g/mol. The number of hydrogen-bond acceptors (Lipinski definition) is 5. The maximum absolute atomic E-state index is 13.0. The molecule has 122 valence electrons. The highest BCUT2D eigenvalue weighted by Gasteiger charge is 2.13. The molecule has 3 aromatic rings. The molecule has 0 unspecified atom stereocenters. The Morgan fingerprint density at radius 2 is 2.00 bits per heavy atom. The monoisotopic (exact) mass is 359 g/mol.